The summed E-state index contributed by atoms with van der Waals surface area (Å²) in [5.74, 6) is -0.181. The van der Waals surface area contributed by atoms with Crippen LogP contribution in [0, 0.1) is 0 Å². The number of amides is 2. The van der Waals surface area contributed by atoms with Crippen LogP contribution in [-0.2, 0) is 0 Å². The number of anilines is 2. The number of carbonyl (C=O) groups is 2. The van der Waals surface area contributed by atoms with Crippen LogP contribution >= 0.6 is 22.9 Å². The Kier molecular flexibility index (Phi) is 5.27. The highest BCUT2D eigenvalue weighted by Crippen LogP contribution is 2.30. The molecule has 0 saturated carbocycles. The highest BCUT2D eigenvalue weighted by Gasteiger charge is 2.24. The van der Waals surface area contributed by atoms with E-state index in [9.17, 15) is 9.59 Å². The third-order valence-corrected chi connectivity index (χ3v) is 5.64. The minimum Gasteiger partial charge on any atom is -0.367 e. The molecule has 3 aromatic rings. The number of nitrogens with zero attached hydrogens (tertiary/aromatic N) is 4. The Bertz CT molecular complexity index is 968. The van der Waals surface area contributed by atoms with Crippen molar-refractivity contribution in [3.63, 3.8) is 0 Å². The number of hydrogen-bond donors (Lipinski definition) is 2. The van der Waals surface area contributed by atoms with E-state index in [1.54, 1.807) is 12.1 Å². The van der Waals surface area contributed by atoms with E-state index in [1.807, 2.05) is 28.5 Å². The monoisotopic (exact) mass is 416 g/mol. The molecule has 3 heterocycles. The number of H-pyrrole nitrogens is 1. The van der Waals surface area contributed by atoms with E-state index in [1.165, 1.54) is 17.7 Å². The summed E-state index contributed by atoms with van der Waals surface area (Å²) in [6, 6.07) is 9.10. The normalized spacial score (nSPS) is 14.2. The van der Waals surface area contributed by atoms with Gasteiger partial charge in [0.15, 0.2) is 0 Å². The Morgan fingerprint density at radius 3 is 2.64 bits per heavy atom. The number of piperazine rings is 1. The smallest absolute Gasteiger partial charge is 0.292 e. The average molecular weight is 417 g/mol. The van der Waals surface area contributed by atoms with Crippen LogP contribution in [0.2, 0.25) is 5.02 Å². The number of carbonyl (C=O) groups excluding carboxylic acids is 2. The predicted octanol–water partition coefficient (Wildman–Crippen LogP) is 2.73. The Morgan fingerprint density at radius 1 is 1.18 bits per heavy atom. The zero-order chi connectivity index (χ0) is 19.5. The minimum absolute atomic E-state index is 0.0752. The first-order chi connectivity index (χ1) is 13.6. The molecule has 1 saturated heterocycles. The van der Waals surface area contributed by atoms with Crippen LogP contribution in [0.4, 0.5) is 11.4 Å². The fourth-order valence-corrected chi connectivity index (χ4v) is 4.04. The number of thiophene rings is 1. The molecule has 144 valence electrons. The summed E-state index contributed by atoms with van der Waals surface area (Å²) in [6.45, 7) is 2.66. The third-order valence-electron chi connectivity index (χ3n) is 4.48. The van der Waals surface area contributed by atoms with Crippen molar-refractivity contribution in [2.75, 3.05) is 36.4 Å². The number of aromatic amines is 1. The van der Waals surface area contributed by atoms with Gasteiger partial charge in [0.25, 0.3) is 11.8 Å². The van der Waals surface area contributed by atoms with E-state index in [2.05, 4.69) is 25.4 Å². The Morgan fingerprint density at radius 2 is 2.00 bits per heavy atom. The van der Waals surface area contributed by atoms with Crippen molar-refractivity contribution in [2.24, 2.45) is 0 Å². The molecule has 8 nitrogen and oxygen atoms in total. The van der Waals surface area contributed by atoms with Gasteiger partial charge in [-0.25, -0.2) is 4.98 Å². The molecular weight excluding hydrogens is 400 g/mol. The Balaban J connectivity index is 1.39. The molecule has 2 amide bonds. The van der Waals surface area contributed by atoms with Crippen LogP contribution in [0.1, 0.15) is 20.3 Å². The summed E-state index contributed by atoms with van der Waals surface area (Å²) >= 11 is 7.90. The first-order valence-corrected chi connectivity index (χ1v) is 9.91. The summed E-state index contributed by atoms with van der Waals surface area (Å²) in [5.41, 5.74) is 1.45. The van der Waals surface area contributed by atoms with Gasteiger partial charge in [0.05, 0.1) is 15.6 Å². The molecule has 1 aliphatic rings. The van der Waals surface area contributed by atoms with Gasteiger partial charge in [-0.15, -0.1) is 11.3 Å². The van der Waals surface area contributed by atoms with E-state index in [0.29, 0.717) is 36.9 Å². The standard InChI is InChI=1S/C18H17ClN6O2S/c19-13-10-12(22-17(26)16-20-11-21-23-16)3-4-14(13)24-5-7-25(8-6-24)18(27)15-2-1-9-28-15/h1-4,9-11H,5-8H2,(H,22,26)(H,20,21,23). The fourth-order valence-electron chi connectivity index (χ4n) is 3.05. The van der Waals surface area contributed by atoms with Crippen molar-refractivity contribution in [3.05, 3.63) is 57.8 Å². The van der Waals surface area contributed by atoms with E-state index in [-0.39, 0.29) is 17.6 Å². The molecule has 1 aliphatic heterocycles. The van der Waals surface area contributed by atoms with Crippen LogP contribution in [0.25, 0.3) is 0 Å². The summed E-state index contributed by atoms with van der Waals surface area (Å²) < 4.78 is 0. The molecule has 0 bridgehead atoms. The van der Waals surface area contributed by atoms with Crippen LogP contribution in [0.15, 0.2) is 42.0 Å². The first-order valence-electron chi connectivity index (χ1n) is 8.66. The van der Waals surface area contributed by atoms with Crippen LogP contribution < -0.4 is 10.2 Å². The molecule has 0 radical (unpaired) electrons. The van der Waals surface area contributed by atoms with Gasteiger partial charge in [0, 0.05) is 31.9 Å². The maximum atomic E-state index is 12.5. The topological polar surface area (TPSA) is 94.2 Å². The molecule has 1 fully saturated rings. The van der Waals surface area contributed by atoms with Gasteiger partial charge in [0.2, 0.25) is 5.82 Å². The largest absolute Gasteiger partial charge is 0.367 e. The number of rotatable bonds is 4. The van der Waals surface area contributed by atoms with E-state index in [4.69, 9.17) is 11.6 Å². The molecule has 4 rings (SSSR count). The molecule has 10 heteroatoms. The molecule has 2 aromatic heterocycles. The zero-order valence-electron chi connectivity index (χ0n) is 14.8. The lowest BCUT2D eigenvalue weighted by molar-refractivity contribution is 0.0751. The second-order valence-electron chi connectivity index (χ2n) is 6.21. The number of nitrogens with one attached hydrogen (secondary N) is 2. The van der Waals surface area contributed by atoms with Crippen molar-refractivity contribution >= 4 is 46.1 Å². The molecule has 28 heavy (non-hydrogen) atoms. The molecule has 0 atom stereocenters. The lowest BCUT2D eigenvalue weighted by Crippen LogP contribution is -2.48. The molecule has 0 unspecified atom stereocenters. The predicted molar refractivity (Wildman–Crippen MR) is 108 cm³/mol. The number of benzene rings is 1. The quantitative estimate of drug-likeness (QED) is 0.682. The van der Waals surface area contributed by atoms with Crippen molar-refractivity contribution in [3.8, 4) is 0 Å². The third kappa shape index (κ3) is 3.85. The Hall–Kier alpha value is -2.91. The van der Waals surface area contributed by atoms with E-state index in [0.717, 1.165) is 10.6 Å². The van der Waals surface area contributed by atoms with Gasteiger partial charge >= 0.3 is 0 Å². The molecular formula is C18H17ClN6O2S. The average Bonchev–Trinajstić information content (AvgIpc) is 3.42. The van der Waals surface area contributed by atoms with E-state index >= 15 is 0 Å². The van der Waals surface area contributed by atoms with Crippen LogP contribution in [0.3, 0.4) is 0 Å². The Labute approximate surface area is 170 Å². The SMILES string of the molecule is O=C(Nc1ccc(N2CCN(C(=O)c3cccs3)CC2)c(Cl)c1)c1ncn[nH]1. The van der Waals surface area contributed by atoms with Gasteiger partial charge in [-0.3, -0.25) is 14.7 Å². The van der Waals surface area contributed by atoms with Gasteiger partial charge in [-0.2, -0.15) is 5.10 Å². The molecule has 1 aromatic carbocycles. The molecule has 2 N–H and O–H groups in total. The van der Waals surface area contributed by atoms with Gasteiger partial charge in [0.1, 0.15) is 6.33 Å². The minimum atomic E-state index is -0.387. The highest BCUT2D eigenvalue weighted by molar-refractivity contribution is 7.12. The van der Waals surface area contributed by atoms with Crippen molar-refractivity contribution in [2.45, 2.75) is 0 Å². The number of aromatic nitrogens is 3. The maximum Gasteiger partial charge on any atom is 0.292 e. The number of halogens is 1. The summed E-state index contributed by atoms with van der Waals surface area (Å²) in [6.07, 6.45) is 1.27. The maximum absolute atomic E-state index is 12.5. The molecule has 0 aliphatic carbocycles. The molecule has 0 spiro atoms. The number of hydrogen-bond acceptors (Lipinski definition) is 6. The van der Waals surface area contributed by atoms with Crippen LogP contribution in [0.5, 0.6) is 0 Å². The lowest BCUT2D eigenvalue weighted by Gasteiger charge is -2.36. The lowest BCUT2D eigenvalue weighted by atomic mass is 10.2. The summed E-state index contributed by atoms with van der Waals surface area (Å²) in [5, 5.41) is 11.3. The van der Waals surface area contributed by atoms with Crippen molar-refractivity contribution in [1.82, 2.24) is 20.1 Å². The van der Waals surface area contributed by atoms with Crippen molar-refractivity contribution in [1.29, 1.82) is 0 Å². The second-order valence-corrected chi connectivity index (χ2v) is 7.57. The van der Waals surface area contributed by atoms with Crippen LogP contribution in [-0.4, -0.2) is 58.1 Å². The van der Waals surface area contributed by atoms with Gasteiger partial charge < -0.3 is 15.1 Å². The van der Waals surface area contributed by atoms with Gasteiger partial charge in [-0.1, -0.05) is 17.7 Å². The summed E-state index contributed by atoms with van der Waals surface area (Å²) in [7, 11) is 0. The van der Waals surface area contributed by atoms with Gasteiger partial charge in [-0.05, 0) is 29.6 Å². The highest BCUT2D eigenvalue weighted by atomic mass is 35.5. The van der Waals surface area contributed by atoms with Crippen molar-refractivity contribution < 1.29 is 9.59 Å². The fraction of sp³-hybridized carbons (Fsp3) is 0.222. The van der Waals surface area contributed by atoms with E-state index < -0.39 is 0 Å². The summed E-state index contributed by atoms with van der Waals surface area (Å²) in [4.78, 5) is 33.1. The zero-order valence-corrected chi connectivity index (χ0v) is 16.3. The second kappa shape index (κ2) is 7.99. The first kappa shape index (κ1) is 18.5.